The Hall–Kier alpha value is -2.72. The quantitative estimate of drug-likeness (QED) is 0.495. The minimum atomic E-state index is -0.354. The van der Waals surface area contributed by atoms with Gasteiger partial charge >= 0.3 is 0 Å². The van der Waals surface area contributed by atoms with E-state index in [4.69, 9.17) is 14.2 Å². The van der Waals surface area contributed by atoms with Gasteiger partial charge in [0.1, 0.15) is 17.2 Å². The number of hydrogen-bond donors (Lipinski definition) is 1. The molecule has 8 nitrogen and oxygen atoms in total. The Balaban J connectivity index is 1.73. The third-order valence-electron chi connectivity index (χ3n) is 3.95. The number of ether oxygens (including phenoxy) is 3. The van der Waals surface area contributed by atoms with Crippen molar-refractivity contribution >= 4 is 33.8 Å². The SMILES string of the molecule is COc1cc(OC)c(SNC(=O)c2ccc(Cn3cccn3)c(OC)n2)cc1Br. The van der Waals surface area contributed by atoms with Gasteiger partial charge in [0.2, 0.25) is 5.88 Å². The Morgan fingerprint density at radius 3 is 2.62 bits per heavy atom. The van der Waals surface area contributed by atoms with Gasteiger partial charge in [-0.2, -0.15) is 5.10 Å². The monoisotopic (exact) mass is 478 g/mol. The molecule has 0 fully saturated rings. The molecule has 3 rings (SSSR count). The number of aromatic nitrogens is 3. The first kappa shape index (κ1) is 21.0. The normalized spacial score (nSPS) is 10.5. The van der Waals surface area contributed by atoms with Crippen LogP contribution >= 0.6 is 27.9 Å². The highest BCUT2D eigenvalue weighted by molar-refractivity contribution is 9.10. The van der Waals surface area contributed by atoms with Crippen molar-refractivity contribution in [2.75, 3.05) is 21.3 Å². The van der Waals surface area contributed by atoms with E-state index in [1.165, 1.54) is 7.11 Å². The third kappa shape index (κ3) is 5.01. The van der Waals surface area contributed by atoms with Crippen molar-refractivity contribution in [3.63, 3.8) is 0 Å². The molecule has 0 spiro atoms. The van der Waals surface area contributed by atoms with Crippen LogP contribution in [0.15, 0.2) is 52.1 Å². The molecule has 1 aromatic carbocycles. The predicted octanol–water partition coefficient (Wildman–Crippen LogP) is 3.55. The molecule has 152 valence electrons. The zero-order chi connectivity index (χ0) is 20.8. The summed E-state index contributed by atoms with van der Waals surface area (Å²) in [7, 11) is 4.65. The van der Waals surface area contributed by atoms with Crippen LogP contribution in [0.1, 0.15) is 16.1 Å². The molecule has 0 bridgehead atoms. The van der Waals surface area contributed by atoms with E-state index < -0.39 is 0 Å². The largest absolute Gasteiger partial charge is 0.495 e. The van der Waals surface area contributed by atoms with Gasteiger partial charge in [0.15, 0.2) is 0 Å². The molecule has 0 unspecified atom stereocenters. The van der Waals surface area contributed by atoms with E-state index in [9.17, 15) is 4.79 Å². The van der Waals surface area contributed by atoms with Crippen LogP contribution in [0.4, 0.5) is 0 Å². The summed E-state index contributed by atoms with van der Waals surface area (Å²) >= 11 is 4.56. The first-order valence-corrected chi connectivity index (χ1v) is 10.1. The number of pyridine rings is 1. The highest BCUT2D eigenvalue weighted by Crippen LogP contribution is 2.37. The molecule has 1 N–H and O–H groups in total. The number of halogens is 1. The lowest BCUT2D eigenvalue weighted by Gasteiger charge is -2.13. The average Bonchev–Trinajstić information content (AvgIpc) is 3.25. The molecule has 0 atom stereocenters. The number of amides is 1. The molecular weight excluding hydrogens is 460 g/mol. The van der Waals surface area contributed by atoms with Crippen LogP contribution in [0, 0.1) is 0 Å². The fraction of sp³-hybridized carbons (Fsp3) is 0.211. The molecule has 1 amide bonds. The molecule has 0 aliphatic rings. The van der Waals surface area contributed by atoms with Gasteiger partial charge in [-0.3, -0.25) is 14.2 Å². The Morgan fingerprint density at radius 1 is 1.17 bits per heavy atom. The number of methoxy groups -OCH3 is 3. The van der Waals surface area contributed by atoms with Gasteiger partial charge in [-0.1, -0.05) is 0 Å². The average molecular weight is 479 g/mol. The zero-order valence-corrected chi connectivity index (χ0v) is 18.4. The van der Waals surface area contributed by atoms with E-state index in [1.54, 1.807) is 43.3 Å². The van der Waals surface area contributed by atoms with Crippen LogP contribution in [0.3, 0.4) is 0 Å². The maximum atomic E-state index is 12.6. The van der Waals surface area contributed by atoms with Gasteiger partial charge in [-0.15, -0.1) is 0 Å². The number of nitrogens with zero attached hydrogens (tertiary/aromatic N) is 3. The molecule has 2 heterocycles. The van der Waals surface area contributed by atoms with Crippen LogP contribution < -0.4 is 18.9 Å². The molecule has 0 saturated carbocycles. The highest BCUT2D eigenvalue weighted by atomic mass is 79.9. The maximum Gasteiger partial charge on any atom is 0.280 e. The van der Waals surface area contributed by atoms with Crippen molar-refractivity contribution < 1.29 is 19.0 Å². The second kappa shape index (κ2) is 9.66. The smallest absolute Gasteiger partial charge is 0.280 e. The number of carbonyl (C=O) groups is 1. The summed E-state index contributed by atoms with van der Waals surface area (Å²) in [6.07, 6.45) is 3.54. The van der Waals surface area contributed by atoms with Gasteiger partial charge in [0.05, 0.1) is 37.2 Å². The predicted molar refractivity (Wildman–Crippen MR) is 113 cm³/mol. The Morgan fingerprint density at radius 2 is 1.97 bits per heavy atom. The summed E-state index contributed by atoms with van der Waals surface area (Å²) in [6, 6.07) is 8.84. The summed E-state index contributed by atoms with van der Waals surface area (Å²) in [5.74, 6) is 1.24. The number of nitrogens with one attached hydrogen (secondary N) is 1. The van der Waals surface area contributed by atoms with Crippen LogP contribution in [0.2, 0.25) is 0 Å². The van der Waals surface area contributed by atoms with E-state index in [-0.39, 0.29) is 11.6 Å². The molecule has 2 aromatic heterocycles. The summed E-state index contributed by atoms with van der Waals surface area (Å²) in [5.41, 5.74) is 1.06. The topological polar surface area (TPSA) is 87.5 Å². The number of benzene rings is 1. The molecule has 0 saturated heterocycles. The minimum Gasteiger partial charge on any atom is -0.495 e. The van der Waals surface area contributed by atoms with Crippen molar-refractivity contribution in [3.05, 3.63) is 58.5 Å². The lowest BCUT2D eigenvalue weighted by Crippen LogP contribution is -2.18. The molecule has 3 aromatic rings. The summed E-state index contributed by atoms with van der Waals surface area (Å²) < 4.78 is 21.2. The Bertz CT molecular complexity index is 998. The summed E-state index contributed by atoms with van der Waals surface area (Å²) in [6.45, 7) is 0.497. The van der Waals surface area contributed by atoms with Gasteiger partial charge in [-0.05, 0) is 52.1 Å². The number of rotatable bonds is 8. The van der Waals surface area contributed by atoms with Crippen LogP contribution in [-0.4, -0.2) is 42.0 Å². The first-order chi connectivity index (χ1) is 14.0. The van der Waals surface area contributed by atoms with E-state index in [2.05, 4.69) is 30.7 Å². The van der Waals surface area contributed by atoms with Crippen molar-refractivity contribution in [1.82, 2.24) is 19.5 Å². The van der Waals surface area contributed by atoms with E-state index in [1.807, 2.05) is 18.3 Å². The van der Waals surface area contributed by atoms with Gasteiger partial charge in [0, 0.05) is 24.0 Å². The fourth-order valence-corrected chi connectivity index (χ4v) is 3.91. The zero-order valence-electron chi connectivity index (χ0n) is 16.0. The highest BCUT2D eigenvalue weighted by Gasteiger charge is 2.15. The maximum absolute atomic E-state index is 12.6. The van der Waals surface area contributed by atoms with Crippen LogP contribution in [0.5, 0.6) is 17.4 Å². The van der Waals surface area contributed by atoms with Crippen LogP contribution in [-0.2, 0) is 6.54 Å². The minimum absolute atomic E-state index is 0.241. The molecule has 0 aliphatic carbocycles. The second-order valence-corrected chi connectivity index (χ2v) is 7.44. The van der Waals surface area contributed by atoms with Gasteiger partial charge in [0.25, 0.3) is 5.91 Å². The van der Waals surface area contributed by atoms with Crippen molar-refractivity contribution in [1.29, 1.82) is 0 Å². The van der Waals surface area contributed by atoms with E-state index in [0.29, 0.717) is 23.9 Å². The first-order valence-electron chi connectivity index (χ1n) is 8.45. The third-order valence-corrected chi connectivity index (χ3v) is 5.39. The Labute approximate surface area is 180 Å². The Kier molecular flexibility index (Phi) is 6.99. The summed E-state index contributed by atoms with van der Waals surface area (Å²) in [5, 5.41) is 4.17. The van der Waals surface area contributed by atoms with Crippen molar-refractivity contribution in [2.45, 2.75) is 11.4 Å². The fourth-order valence-electron chi connectivity index (χ4n) is 2.53. The van der Waals surface area contributed by atoms with Crippen molar-refractivity contribution in [2.24, 2.45) is 0 Å². The molecule has 0 radical (unpaired) electrons. The van der Waals surface area contributed by atoms with Crippen molar-refractivity contribution in [3.8, 4) is 17.4 Å². The van der Waals surface area contributed by atoms with Crippen LogP contribution in [0.25, 0.3) is 0 Å². The number of hydrogen-bond acceptors (Lipinski definition) is 7. The lowest BCUT2D eigenvalue weighted by molar-refractivity contribution is 0.0978. The number of carbonyl (C=O) groups excluding carboxylic acids is 1. The molecular formula is C19H19BrN4O4S. The van der Waals surface area contributed by atoms with E-state index >= 15 is 0 Å². The molecule has 29 heavy (non-hydrogen) atoms. The van der Waals surface area contributed by atoms with E-state index in [0.717, 1.165) is 26.9 Å². The molecule has 10 heteroatoms. The second-order valence-electron chi connectivity index (χ2n) is 5.74. The summed E-state index contributed by atoms with van der Waals surface area (Å²) in [4.78, 5) is 17.6. The lowest BCUT2D eigenvalue weighted by atomic mass is 10.2. The van der Waals surface area contributed by atoms with Gasteiger partial charge < -0.3 is 14.2 Å². The van der Waals surface area contributed by atoms with Gasteiger partial charge in [-0.25, -0.2) is 4.98 Å². The standard InChI is InChI=1S/C19H19BrN4O4S/c1-26-15-10-16(27-2)17(9-13(15)20)29-23-18(25)14-6-5-12(19(22-14)28-3)11-24-8-4-7-21-24/h4-10H,11H2,1-3H3,(H,23,25). The molecule has 0 aliphatic heterocycles.